The summed E-state index contributed by atoms with van der Waals surface area (Å²) in [6.45, 7) is 3.97. The van der Waals surface area contributed by atoms with E-state index in [2.05, 4.69) is 10.1 Å². The van der Waals surface area contributed by atoms with Crippen molar-refractivity contribution in [3.8, 4) is 0 Å². The molecule has 1 amide bonds. The van der Waals surface area contributed by atoms with Gasteiger partial charge in [-0.05, 0) is 19.4 Å². The van der Waals surface area contributed by atoms with Crippen LogP contribution in [-0.2, 0) is 15.9 Å². The van der Waals surface area contributed by atoms with E-state index in [1.165, 1.54) is 18.4 Å². The lowest BCUT2D eigenvalue weighted by atomic mass is 10.3. The number of nitrogens with one attached hydrogen (secondary N) is 1. The lowest BCUT2D eigenvalue weighted by Gasteiger charge is -2.04. The molecule has 0 spiro atoms. The second kappa shape index (κ2) is 6.24. The van der Waals surface area contributed by atoms with Crippen LogP contribution in [0, 0.1) is 0 Å². The summed E-state index contributed by atoms with van der Waals surface area (Å²) >= 11 is 1.31. The van der Waals surface area contributed by atoms with E-state index >= 15 is 0 Å². The van der Waals surface area contributed by atoms with Crippen molar-refractivity contribution in [2.75, 3.05) is 19.0 Å². The second-order valence-corrected chi connectivity index (χ2v) is 4.28. The fourth-order valence-corrected chi connectivity index (χ4v) is 2.20. The fraction of sp³-hybridized carbons (Fsp3) is 0.455. The highest BCUT2D eigenvalue weighted by atomic mass is 32.1. The molecule has 0 radical (unpaired) electrons. The molecular formula is C11H15NO4S. The van der Waals surface area contributed by atoms with Crippen LogP contribution in [0.15, 0.2) is 6.07 Å². The highest BCUT2D eigenvalue weighted by Gasteiger charge is 2.18. The molecule has 0 aliphatic heterocycles. The molecule has 1 aromatic heterocycles. The van der Waals surface area contributed by atoms with Crippen molar-refractivity contribution in [1.82, 2.24) is 0 Å². The Bertz CT molecular complexity index is 414. The van der Waals surface area contributed by atoms with Gasteiger partial charge in [-0.1, -0.05) is 6.92 Å². The van der Waals surface area contributed by atoms with Gasteiger partial charge >= 0.3 is 12.1 Å². The molecule has 0 bridgehead atoms. The predicted octanol–water partition coefficient (Wildman–Crippen LogP) is 2.67. The van der Waals surface area contributed by atoms with Crippen molar-refractivity contribution < 1.29 is 19.1 Å². The largest absolute Gasteiger partial charge is 0.465 e. The molecule has 0 saturated heterocycles. The van der Waals surface area contributed by atoms with Crippen molar-refractivity contribution in [2.45, 2.75) is 20.3 Å². The van der Waals surface area contributed by atoms with Gasteiger partial charge in [0.1, 0.15) is 4.88 Å². The number of aryl methyl sites for hydroxylation is 1. The molecule has 0 atom stereocenters. The van der Waals surface area contributed by atoms with Crippen molar-refractivity contribution in [3.63, 3.8) is 0 Å². The van der Waals surface area contributed by atoms with Crippen LogP contribution in [0.3, 0.4) is 0 Å². The van der Waals surface area contributed by atoms with Crippen LogP contribution in [0.2, 0.25) is 0 Å². The minimum Gasteiger partial charge on any atom is -0.465 e. The maximum atomic E-state index is 11.5. The van der Waals surface area contributed by atoms with E-state index in [4.69, 9.17) is 4.74 Å². The van der Waals surface area contributed by atoms with Crippen molar-refractivity contribution in [3.05, 3.63) is 15.8 Å². The van der Waals surface area contributed by atoms with Crippen molar-refractivity contribution in [2.24, 2.45) is 0 Å². The lowest BCUT2D eigenvalue weighted by Crippen LogP contribution is -2.15. The number of esters is 1. The molecule has 0 saturated carbocycles. The Kier molecular flexibility index (Phi) is 4.96. The number of carbonyl (C=O) groups excluding carboxylic acids is 2. The van der Waals surface area contributed by atoms with Crippen LogP contribution in [-0.4, -0.2) is 25.8 Å². The molecule has 1 heterocycles. The predicted molar refractivity (Wildman–Crippen MR) is 65.7 cm³/mol. The number of hydrogen-bond acceptors (Lipinski definition) is 5. The molecule has 1 aromatic rings. The van der Waals surface area contributed by atoms with E-state index in [0.717, 1.165) is 11.3 Å². The number of amides is 1. The molecule has 0 aromatic carbocycles. The first kappa shape index (κ1) is 13.5. The zero-order valence-electron chi connectivity index (χ0n) is 10.0. The fourth-order valence-electron chi connectivity index (χ4n) is 1.23. The SMILES string of the molecule is CCOC(=O)Nc1cc(CC)sc1C(=O)OC. The third kappa shape index (κ3) is 3.45. The van der Waals surface area contributed by atoms with Crippen LogP contribution in [0.4, 0.5) is 10.5 Å². The molecule has 0 aliphatic carbocycles. The monoisotopic (exact) mass is 257 g/mol. The van der Waals surface area contributed by atoms with E-state index < -0.39 is 12.1 Å². The van der Waals surface area contributed by atoms with E-state index in [1.807, 2.05) is 6.92 Å². The van der Waals surface area contributed by atoms with Gasteiger partial charge in [0.05, 0.1) is 19.4 Å². The molecule has 0 fully saturated rings. The van der Waals surface area contributed by atoms with Crippen LogP contribution < -0.4 is 5.32 Å². The van der Waals surface area contributed by atoms with Crippen LogP contribution in [0.5, 0.6) is 0 Å². The van der Waals surface area contributed by atoms with Gasteiger partial charge in [-0.2, -0.15) is 0 Å². The van der Waals surface area contributed by atoms with E-state index in [-0.39, 0.29) is 6.61 Å². The maximum Gasteiger partial charge on any atom is 0.411 e. The van der Waals surface area contributed by atoms with Gasteiger partial charge in [0, 0.05) is 4.88 Å². The molecule has 6 heteroatoms. The molecule has 1 N–H and O–H groups in total. The lowest BCUT2D eigenvalue weighted by molar-refractivity contribution is 0.0607. The number of ether oxygens (including phenoxy) is 2. The topological polar surface area (TPSA) is 64.6 Å². The van der Waals surface area contributed by atoms with E-state index in [0.29, 0.717) is 10.6 Å². The Morgan fingerprint density at radius 1 is 1.41 bits per heavy atom. The Balaban J connectivity index is 2.92. The smallest absolute Gasteiger partial charge is 0.411 e. The summed E-state index contributed by atoms with van der Waals surface area (Å²) in [6.07, 6.45) is 0.220. The molecular weight excluding hydrogens is 242 g/mol. The molecule has 5 nitrogen and oxygen atoms in total. The summed E-state index contributed by atoms with van der Waals surface area (Å²) in [7, 11) is 1.31. The molecule has 0 aliphatic rings. The summed E-state index contributed by atoms with van der Waals surface area (Å²) in [5, 5.41) is 2.53. The van der Waals surface area contributed by atoms with Gasteiger partial charge in [-0.15, -0.1) is 11.3 Å². The third-order valence-electron chi connectivity index (χ3n) is 2.01. The summed E-state index contributed by atoms with van der Waals surface area (Å²) in [6, 6.07) is 1.76. The summed E-state index contributed by atoms with van der Waals surface area (Å²) in [5.74, 6) is -0.457. The Morgan fingerprint density at radius 3 is 2.65 bits per heavy atom. The molecule has 17 heavy (non-hydrogen) atoms. The number of rotatable bonds is 4. The third-order valence-corrected chi connectivity index (χ3v) is 3.27. The van der Waals surface area contributed by atoms with Gasteiger partial charge < -0.3 is 9.47 Å². The Morgan fingerprint density at radius 2 is 2.12 bits per heavy atom. The maximum absolute atomic E-state index is 11.5. The van der Waals surface area contributed by atoms with Gasteiger partial charge in [0.2, 0.25) is 0 Å². The number of thiophene rings is 1. The first-order valence-electron chi connectivity index (χ1n) is 5.27. The van der Waals surface area contributed by atoms with Gasteiger partial charge in [0.15, 0.2) is 0 Å². The average molecular weight is 257 g/mol. The van der Waals surface area contributed by atoms with Gasteiger partial charge in [-0.3, -0.25) is 5.32 Å². The van der Waals surface area contributed by atoms with Crippen LogP contribution in [0.25, 0.3) is 0 Å². The number of carbonyl (C=O) groups is 2. The number of hydrogen-bond donors (Lipinski definition) is 1. The average Bonchev–Trinajstić information content (AvgIpc) is 2.71. The van der Waals surface area contributed by atoms with Gasteiger partial charge in [0.25, 0.3) is 0 Å². The molecule has 1 rings (SSSR count). The van der Waals surface area contributed by atoms with Crippen molar-refractivity contribution in [1.29, 1.82) is 0 Å². The highest BCUT2D eigenvalue weighted by molar-refractivity contribution is 7.14. The normalized spacial score (nSPS) is 9.82. The minimum atomic E-state index is -0.571. The standard InChI is InChI=1S/C11H15NO4S/c1-4-7-6-8(12-11(14)16-5-2)9(17-7)10(13)15-3/h6H,4-5H2,1-3H3,(H,12,14). The first-order valence-corrected chi connectivity index (χ1v) is 6.08. The summed E-state index contributed by atoms with van der Waals surface area (Å²) in [5.41, 5.74) is 0.442. The first-order chi connectivity index (χ1) is 8.12. The molecule has 0 unspecified atom stereocenters. The van der Waals surface area contributed by atoms with Gasteiger partial charge in [-0.25, -0.2) is 9.59 Å². The Labute approximate surface area is 104 Å². The quantitative estimate of drug-likeness (QED) is 0.842. The van der Waals surface area contributed by atoms with E-state index in [9.17, 15) is 9.59 Å². The highest BCUT2D eigenvalue weighted by Crippen LogP contribution is 2.28. The van der Waals surface area contributed by atoms with Crippen molar-refractivity contribution >= 4 is 29.1 Å². The summed E-state index contributed by atoms with van der Waals surface area (Å²) in [4.78, 5) is 24.2. The van der Waals surface area contributed by atoms with E-state index in [1.54, 1.807) is 13.0 Å². The number of methoxy groups -OCH3 is 1. The molecule has 94 valence electrons. The Hall–Kier alpha value is -1.56. The minimum absolute atomic E-state index is 0.282. The van der Waals surface area contributed by atoms with Crippen LogP contribution >= 0.6 is 11.3 Å². The van der Waals surface area contributed by atoms with Crippen LogP contribution in [0.1, 0.15) is 28.4 Å². The summed E-state index contributed by atoms with van der Waals surface area (Å²) < 4.78 is 9.42. The number of anilines is 1. The zero-order valence-corrected chi connectivity index (χ0v) is 10.8. The second-order valence-electron chi connectivity index (χ2n) is 3.15. The zero-order chi connectivity index (χ0) is 12.8.